The van der Waals surface area contributed by atoms with Crippen LogP contribution in [0.3, 0.4) is 0 Å². The zero-order valence-corrected chi connectivity index (χ0v) is 18.1. The Hall–Kier alpha value is -1.86. The molecule has 1 fully saturated rings. The summed E-state index contributed by atoms with van der Waals surface area (Å²) in [5.74, 6) is -0.239. The summed E-state index contributed by atoms with van der Waals surface area (Å²) in [6.07, 6.45) is 1.06. The van der Waals surface area contributed by atoms with Gasteiger partial charge < -0.3 is 19.5 Å². The van der Waals surface area contributed by atoms with Gasteiger partial charge in [-0.15, -0.1) is 0 Å². The molecule has 28 heavy (non-hydrogen) atoms. The Morgan fingerprint density at radius 2 is 1.71 bits per heavy atom. The minimum atomic E-state index is -0.301. The molecule has 158 valence electrons. The van der Waals surface area contributed by atoms with E-state index in [1.807, 2.05) is 25.5 Å². The maximum absolute atomic E-state index is 12.3. The smallest absolute Gasteiger partial charge is 0.355 e. The summed E-state index contributed by atoms with van der Waals surface area (Å²) in [5, 5.41) is 3.04. The Kier molecular flexibility index (Phi) is 8.51. The highest BCUT2D eigenvalue weighted by molar-refractivity contribution is 5.90. The van der Waals surface area contributed by atoms with E-state index < -0.39 is 0 Å². The average molecular weight is 393 g/mol. The summed E-state index contributed by atoms with van der Waals surface area (Å²) in [7, 11) is 1.87. The van der Waals surface area contributed by atoms with E-state index in [1.165, 1.54) is 0 Å². The van der Waals surface area contributed by atoms with Gasteiger partial charge in [0.1, 0.15) is 5.69 Å². The normalized spacial score (nSPS) is 15.6. The molecule has 0 bridgehead atoms. The van der Waals surface area contributed by atoms with E-state index in [-0.39, 0.29) is 11.9 Å². The van der Waals surface area contributed by atoms with Gasteiger partial charge in [0.25, 0.3) is 0 Å². The molecule has 2 heterocycles. The number of aromatic nitrogens is 1. The maximum atomic E-state index is 12.3. The summed E-state index contributed by atoms with van der Waals surface area (Å²) >= 11 is 0. The molecule has 0 aliphatic carbocycles. The van der Waals surface area contributed by atoms with Gasteiger partial charge in [-0.2, -0.15) is 0 Å². The van der Waals surface area contributed by atoms with Gasteiger partial charge in [-0.3, -0.25) is 9.69 Å². The number of esters is 1. The number of amides is 1. The highest BCUT2D eigenvalue weighted by Gasteiger charge is 2.22. The molecular formula is C21H36N4O3. The zero-order valence-electron chi connectivity index (χ0n) is 18.1. The molecule has 0 radical (unpaired) electrons. The predicted octanol–water partition coefficient (Wildman–Crippen LogP) is 1.50. The van der Waals surface area contributed by atoms with E-state index in [9.17, 15) is 9.59 Å². The number of rotatable bonds is 9. The van der Waals surface area contributed by atoms with Gasteiger partial charge in [-0.25, -0.2) is 4.79 Å². The number of hydrogen-bond donors (Lipinski definition) is 1. The fraction of sp³-hybridized carbons (Fsp3) is 0.714. The lowest BCUT2D eigenvalue weighted by molar-refractivity contribution is -0.121. The fourth-order valence-corrected chi connectivity index (χ4v) is 3.90. The van der Waals surface area contributed by atoms with Crippen LogP contribution >= 0.6 is 0 Å². The van der Waals surface area contributed by atoms with Crippen molar-refractivity contribution in [1.82, 2.24) is 19.7 Å². The number of ether oxygens (including phenoxy) is 1. The topological polar surface area (TPSA) is 66.8 Å². The Morgan fingerprint density at radius 1 is 1.07 bits per heavy atom. The highest BCUT2D eigenvalue weighted by atomic mass is 16.5. The first-order valence-corrected chi connectivity index (χ1v) is 10.4. The molecule has 1 aliphatic heterocycles. The molecule has 7 nitrogen and oxygen atoms in total. The molecule has 1 saturated heterocycles. The Labute approximate surface area is 169 Å². The van der Waals surface area contributed by atoms with E-state index in [1.54, 1.807) is 6.92 Å². The van der Waals surface area contributed by atoms with Gasteiger partial charge >= 0.3 is 5.97 Å². The molecule has 1 aromatic rings. The van der Waals surface area contributed by atoms with Crippen molar-refractivity contribution < 1.29 is 14.3 Å². The Morgan fingerprint density at radius 3 is 2.32 bits per heavy atom. The lowest BCUT2D eigenvalue weighted by atomic mass is 10.0. The van der Waals surface area contributed by atoms with Crippen molar-refractivity contribution >= 4 is 11.9 Å². The highest BCUT2D eigenvalue weighted by Crippen LogP contribution is 2.23. The molecule has 0 atom stereocenters. The summed E-state index contributed by atoms with van der Waals surface area (Å²) in [5.41, 5.74) is 3.58. The van der Waals surface area contributed by atoms with Crippen molar-refractivity contribution in [3.05, 3.63) is 22.5 Å². The summed E-state index contributed by atoms with van der Waals surface area (Å²) in [6.45, 7) is 15.3. The van der Waals surface area contributed by atoms with E-state index in [0.717, 1.165) is 56.1 Å². The molecule has 0 unspecified atom stereocenters. The first-order chi connectivity index (χ1) is 13.4. The molecule has 1 aromatic heterocycles. The van der Waals surface area contributed by atoms with Crippen LogP contribution in [-0.4, -0.2) is 78.7 Å². The van der Waals surface area contributed by atoms with Gasteiger partial charge in [-0.1, -0.05) is 6.92 Å². The van der Waals surface area contributed by atoms with Crippen LogP contribution in [0.15, 0.2) is 0 Å². The molecule has 1 amide bonds. The van der Waals surface area contributed by atoms with Crippen LogP contribution in [0, 0.1) is 13.8 Å². The number of likely N-dealkylation sites (N-methyl/N-ethyl adjacent to an activating group) is 1. The monoisotopic (exact) mass is 392 g/mol. The number of nitrogens with one attached hydrogen (secondary N) is 1. The Bertz CT molecular complexity index is 676. The second-order valence-electron chi connectivity index (χ2n) is 7.44. The third kappa shape index (κ3) is 5.58. The van der Waals surface area contributed by atoms with Gasteiger partial charge in [0, 0.05) is 58.4 Å². The van der Waals surface area contributed by atoms with Crippen LogP contribution in [-0.2, 0) is 23.0 Å². The summed E-state index contributed by atoms with van der Waals surface area (Å²) < 4.78 is 7.03. The second-order valence-corrected chi connectivity index (χ2v) is 7.44. The molecule has 1 N–H and O–H groups in total. The molecule has 1 aliphatic rings. The van der Waals surface area contributed by atoms with Gasteiger partial charge in [0.05, 0.1) is 6.61 Å². The quantitative estimate of drug-likeness (QED) is 0.645. The standard InChI is InChI=1S/C21H36N4O3/c1-6-24-12-14-25(15-13-24)11-10-22-19(26)9-8-18-16(3)20(21(27)28-7-2)23(5)17(18)4/h6-15H2,1-5H3,(H,22,26). The molecule has 0 saturated carbocycles. The van der Waals surface area contributed by atoms with Gasteiger partial charge in [0.15, 0.2) is 0 Å². The van der Waals surface area contributed by atoms with Crippen LogP contribution in [0.25, 0.3) is 0 Å². The number of carbonyl (C=O) groups excluding carboxylic acids is 2. The van der Waals surface area contributed by atoms with Crippen LogP contribution in [0.4, 0.5) is 0 Å². The lowest BCUT2D eigenvalue weighted by Crippen LogP contribution is -2.48. The fourth-order valence-electron chi connectivity index (χ4n) is 3.90. The van der Waals surface area contributed by atoms with Crippen LogP contribution in [0.1, 0.15) is 47.6 Å². The van der Waals surface area contributed by atoms with E-state index in [0.29, 0.717) is 31.7 Å². The SMILES string of the molecule is CCOC(=O)c1c(C)c(CCC(=O)NCCN2CCN(CC)CC2)c(C)n1C. The Balaban J connectivity index is 1.80. The molecule has 0 spiro atoms. The maximum Gasteiger partial charge on any atom is 0.355 e. The van der Waals surface area contributed by atoms with Crippen molar-refractivity contribution in [3.8, 4) is 0 Å². The minimum absolute atomic E-state index is 0.0625. The van der Waals surface area contributed by atoms with Crippen molar-refractivity contribution in [2.75, 3.05) is 52.4 Å². The number of hydrogen-bond acceptors (Lipinski definition) is 5. The van der Waals surface area contributed by atoms with Crippen molar-refractivity contribution in [2.45, 2.75) is 40.5 Å². The molecule has 2 rings (SSSR count). The number of carbonyl (C=O) groups is 2. The van der Waals surface area contributed by atoms with Crippen molar-refractivity contribution in [1.29, 1.82) is 0 Å². The molecule has 0 aromatic carbocycles. The molecular weight excluding hydrogens is 356 g/mol. The van der Waals surface area contributed by atoms with Gasteiger partial charge in [0.2, 0.25) is 5.91 Å². The number of piperazine rings is 1. The first kappa shape index (κ1) is 22.4. The van der Waals surface area contributed by atoms with Crippen molar-refractivity contribution in [2.24, 2.45) is 7.05 Å². The van der Waals surface area contributed by atoms with Crippen LogP contribution in [0.2, 0.25) is 0 Å². The minimum Gasteiger partial charge on any atom is -0.461 e. The lowest BCUT2D eigenvalue weighted by Gasteiger charge is -2.33. The third-order valence-corrected chi connectivity index (χ3v) is 5.82. The van der Waals surface area contributed by atoms with E-state index in [4.69, 9.17) is 4.74 Å². The van der Waals surface area contributed by atoms with Crippen molar-refractivity contribution in [3.63, 3.8) is 0 Å². The predicted molar refractivity (Wildman–Crippen MR) is 111 cm³/mol. The third-order valence-electron chi connectivity index (χ3n) is 5.82. The zero-order chi connectivity index (χ0) is 20.7. The summed E-state index contributed by atoms with van der Waals surface area (Å²) in [4.78, 5) is 29.3. The largest absolute Gasteiger partial charge is 0.461 e. The van der Waals surface area contributed by atoms with Gasteiger partial charge in [-0.05, 0) is 44.9 Å². The van der Waals surface area contributed by atoms with Crippen LogP contribution in [0.5, 0.6) is 0 Å². The van der Waals surface area contributed by atoms with Crippen LogP contribution < -0.4 is 5.32 Å². The number of nitrogens with zero attached hydrogens (tertiary/aromatic N) is 3. The molecule has 7 heteroatoms. The second kappa shape index (κ2) is 10.6. The summed E-state index contributed by atoms with van der Waals surface area (Å²) in [6, 6.07) is 0. The van der Waals surface area contributed by atoms with E-state index in [2.05, 4.69) is 22.0 Å². The first-order valence-electron chi connectivity index (χ1n) is 10.4. The average Bonchev–Trinajstić information content (AvgIpc) is 2.89. The van der Waals surface area contributed by atoms with E-state index >= 15 is 0 Å².